The zero-order valence-corrected chi connectivity index (χ0v) is 15.7. The normalized spacial score (nSPS) is 25.7. The summed E-state index contributed by atoms with van der Waals surface area (Å²) >= 11 is 0. The van der Waals surface area contributed by atoms with Crippen LogP contribution in [0.15, 0.2) is 0 Å². The van der Waals surface area contributed by atoms with Crippen LogP contribution in [0.4, 0.5) is 18.0 Å². The molecule has 2 fully saturated rings. The summed E-state index contributed by atoms with van der Waals surface area (Å²) in [5.74, 6) is 0. The predicted octanol–water partition coefficient (Wildman–Crippen LogP) is 2.80. The van der Waals surface area contributed by atoms with Gasteiger partial charge in [-0.25, -0.2) is 4.79 Å². The van der Waals surface area contributed by atoms with E-state index in [1.807, 2.05) is 0 Å². The maximum absolute atomic E-state index is 12.2. The van der Waals surface area contributed by atoms with Gasteiger partial charge in [0, 0.05) is 25.9 Å². The monoisotopic (exact) mass is 403 g/mol. The quantitative estimate of drug-likeness (QED) is 0.530. The molecule has 152 valence electrons. The molecule has 0 N–H and O–H groups in total. The number of halogens is 3. The molecule has 0 bridgehead atoms. The van der Waals surface area contributed by atoms with Gasteiger partial charge in [-0.2, -0.15) is 21.6 Å². The van der Waals surface area contributed by atoms with Crippen LogP contribution in [0.3, 0.4) is 0 Å². The second-order valence-corrected chi connectivity index (χ2v) is 9.08. The summed E-state index contributed by atoms with van der Waals surface area (Å²) < 4.78 is 73.8. The highest BCUT2D eigenvalue weighted by Gasteiger charge is 2.50. The lowest BCUT2D eigenvalue weighted by Gasteiger charge is -2.39. The number of carbonyl (C=O) groups is 1. The Morgan fingerprint density at radius 3 is 2.00 bits per heavy atom. The van der Waals surface area contributed by atoms with Crippen LogP contribution in [0.2, 0.25) is 0 Å². The number of rotatable bonds is 4. The van der Waals surface area contributed by atoms with Gasteiger partial charge < -0.3 is 14.4 Å². The zero-order valence-electron chi connectivity index (χ0n) is 14.9. The Bertz CT molecular complexity index is 602. The third-order valence-electron chi connectivity index (χ3n) is 4.08. The van der Waals surface area contributed by atoms with Crippen molar-refractivity contribution in [3.63, 3.8) is 0 Å². The Kier molecular flexibility index (Phi) is 6.13. The second-order valence-electron chi connectivity index (χ2n) is 7.51. The SMILES string of the molecule is CC(C)(C)OC(=O)N1CCC(OC2CC(OS(=O)(=O)C(F)(F)F)C2)CC1. The average molecular weight is 403 g/mol. The first-order valence-corrected chi connectivity index (χ1v) is 9.80. The molecule has 2 rings (SSSR count). The van der Waals surface area contributed by atoms with Gasteiger partial charge in [0.05, 0.1) is 18.3 Å². The molecule has 7 nitrogen and oxygen atoms in total. The number of carbonyl (C=O) groups excluding carboxylic acids is 1. The standard InChI is InChI=1S/C15H24F3NO6S/c1-14(2,3)24-13(20)19-6-4-10(5-7-19)23-11-8-12(9-11)25-26(21,22)15(16,17)18/h10-12H,4-9H2,1-3H3. The Labute approximate surface area is 150 Å². The lowest BCUT2D eigenvalue weighted by molar-refractivity contribution is -0.116. The molecule has 0 aromatic carbocycles. The molecule has 1 aliphatic carbocycles. The molecule has 0 unspecified atom stereocenters. The van der Waals surface area contributed by atoms with E-state index in [9.17, 15) is 26.4 Å². The van der Waals surface area contributed by atoms with Crippen molar-refractivity contribution in [3.8, 4) is 0 Å². The molecule has 0 aromatic rings. The van der Waals surface area contributed by atoms with Crippen molar-refractivity contribution in [1.29, 1.82) is 0 Å². The number of hydrogen-bond acceptors (Lipinski definition) is 6. The predicted molar refractivity (Wildman–Crippen MR) is 84.8 cm³/mol. The fourth-order valence-electron chi connectivity index (χ4n) is 2.71. The lowest BCUT2D eigenvalue weighted by atomic mass is 9.91. The molecule has 26 heavy (non-hydrogen) atoms. The van der Waals surface area contributed by atoms with Gasteiger partial charge in [0.2, 0.25) is 0 Å². The van der Waals surface area contributed by atoms with E-state index in [1.165, 1.54) is 0 Å². The smallest absolute Gasteiger partial charge is 0.444 e. The number of nitrogens with zero attached hydrogens (tertiary/aromatic N) is 1. The number of likely N-dealkylation sites (tertiary alicyclic amines) is 1. The lowest BCUT2D eigenvalue weighted by Crippen LogP contribution is -2.47. The van der Waals surface area contributed by atoms with E-state index in [0.29, 0.717) is 25.9 Å². The summed E-state index contributed by atoms with van der Waals surface area (Å²) in [6.45, 7) is 6.29. The van der Waals surface area contributed by atoms with E-state index in [4.69, 9.17) is 9.47 Å². The van der Waals surface area contributed by atoms with Crippen LogP contribution in [-0.2, 0) is 23.8 Å². The van der Waals surface area contributed by atoms with Crippen molar-refractivity contribution in [2.45, 2.75) is 75.9 Å². The number of piperidine rings is 1. The molecule has 1 heterocycles. The third kappa shape index (κ3) is 5.71. The number of ether oxygens (including phenoxy) is 2. The molecule has 11 heteroatoms. The molecule has 1 aliphatic heterocycles. The molecule has 0 radical (unpaired) electrons. The van der Waals surface area contributed by atoms with Crippen molar-refractivity contribution in [2.75, 3.05) is 13.1 Å². The molecule has 1 amide bonds. The van der Waals surface area contributed by atoms with Crippen LogP contribution in [0, 0.1) is 0 Å². The van der Waals surface area contributed by atoms with Gasteiger partial charge in [0.1, 0.15) is 5.60 Å². The molecule has 1 saturated heterocycles. The van der Waals surface area contributed by atoms with E-state index < -0.39 is 27.3 Å². The number of amides is 1. The molecule has 0 aromatic heterocycles. The maximum atomic E-state index is 12.2. The number of hydrogen-bond donors (Lipinski definition) is 0. The fourth-order valence-corrected chi connectivity index (χ4v) is 3.34. The highest BCUT2D eigenvalue weighted by Crippen LogP contribution is 2.34. The van der Waals surface area contributed by atoms with Crippen molar-refractivity contribution in [3.05, 3.63) is 0 Å². The van der Waals surface area contributed by atoms with Crippen molar-refractivity contribution in [1.82, 2.24) is 4.90 Å². The largest absolute Gasteiger partial charge is 0.523 e. The van der Waals surface area contributed by atoms with Crippen molar-refractivity contribution < 1.29 is 40.0 Å². The van der Waals surface area contributed by atoms with Gasteiger partial charge in [-0.3, -0.25) is 4.18 Å². The van der Waals surface area contributed by atoms with E-state index in [-0.39, 0.29) is 31.1 Å². The van der Waals surface area contributed by atoms with E-state index in [2.05, 4.69) is 4.18 Å². The molecule has 1 saturated carbocycles. The first kappa shape index (κ1) is 21.2. The van der Waals surface area contributed by atoms with Crippen molar-refractivity contribution >= 4 is 16.2 Å². The first-order chi connectivity index (χ1) is 11.8. The summed E-state index contributed by atoms with van der Waals surface area (Å²) in [5, 5.41) is 0. The minimum atomic E-state index is -5.56. The molecular formula is C15H24F3NO6S. The maximum Gasteiger partial charge on any atom is 0.523 e. The van der Waals surface area contributed by atoms with Crippen LogP contribution in [0.25, 0.3) is 0 Å². The fraction of sp³-hybridized carbons (Fsp3) is 0.933. The molecule has 2 aliphatic rings. The third-order valence-corrected chi connectivity index (χ3v) is 5.17. The van der Waals surface area contributed by atoms with Gasteiger partial charge in [0.25, 0.3) is 0 Å². The Hall–Kier alpha value is -1.07. The number of alkyl halides is 3. The minimum Gasteiger partial charge on any atom is -0.444 e. The topological polar surface area (TPSA) is 82.1 Å². The van der Waals surface area contributed by atoms with Gasteiger partial charge in [-0.05, 0) is 33.6 Å². The minimum absolute atomic E-state index is 0.0988. The van der Waals surface area contributed by atoms with Crippen LogP contribution >= 0.6 is 0 Å². The van der Waals surface area contributed by atoms with Gasteiger partial charge >= 0.3 is 21.7 Å². The Balaban J connectivity index is 1.68. The van der Waals surface area contributed by atoms with Crippen LogP contribution < -0.4 is 0 Å². The summed E-state index contributed by atoms with van der Waals surface area (Å²) in [5.41, 5.74) is -5.98. The van der Waals surface area contributed by atoms with Gasteiger partial charge in [-0.1, -0.05) is 0 Å². The Morgan fingerprint density at radius 2 is 1.54 bits per heavy atom. The highest BCUT2D eigenvalue weighted by molar-refractivity contribution is 7.87. The summed E-state index contributed by atoms with van der Waals surface area (Å²) in [7, 11) is -5.56. The van der Waals surface area contributed by atoms with Crippen LogP contribution in [0.1, 0.15) is 46.5 Å². The zero-order chi connectivity index (χ0) is 19.8. The second kappa shape index (κ2) is 7.51. The van der Waals surface area contributed by atoms with Gasteiger partial charge in [0.15, 0.2) is 0 Å². The first-order valence-electron chi connectivity index (χ1n) is 8.40. The molecule has 0 atom stereocenters. The summed E-state index contributed by atoms with van der Waals surface area (Å²) in [6, 6.07) is 0. The van der Waals surface area contributed by atoms with Crippen molar-refractivity contribution in [2.24, 2.45) is 0 Å². The van der Waals surface area contributed by atoms with Gasteiger partial charge in [-0.15, -0.1) is 0 Å². The van der Waals surface area contributed by atoms with E-state index in [1.54, 1.807) is 25.7 Å². The van der Waals surface area contributed by atoms with Crippen LogP contribution in [0.5, 0.6) is 0 Å². The van der Waals surface area contributed by atoms with Crippen LogP contribution in [-0.4, -0.2) is 61.9 Å². The molecule has 0 spiro atoms. The molecular weight excluding hydrogens is 379 g/mol. The average Bonchev–Trinajstić information content (AvgIpc) is 2.42. The Morgan fingerprint density at radius 1 is 1.00 bits per heavy atom. The summed E-state index contributed by atoms with van der Waals surface area (Å²) in [4.78, 5) is 13.6. The highest BCUT2D eigenvalue weighted by atomic mass is 32.2. The van der Waals surface area contributed by atoms with E-state index in [0.717, 1.165) is 0 Å². The van der Waals surface area contributed by atoms with E-state index >= 15 is 0 Å². The summed E-state index contributed by atoms with van der Waals surface area (Å²) in [6.07, 6.45) is -0.479.